The molecule has 3 aliphatic heterocycles. The number of aliphatic hydroxyl groups is 1. The number of nitrogens with zero attached hydrogens (tertiary/aromatic N) is 7. The van der Waals surface area contributed by atoms with E-state index in [1.165, 1.54) is 31.6 Å². The molecule has 6 rings (SSSR count). The highest BCUT2D eigenvalue weighted by molar-refractivity contribution is 5.71. The van der Waals surface area contributed by atoms with E-state index in [-0.39, 0.29) is 11.7 Å². The maximum Gasteiger partial charge on any atom is 0.181 e. The minimum absolute atomic E-state index is 0.177. The fourth-order valence-corrected chi connectivity index (χ4v) is 6.03. The summed E-state index contributed by atoms with van der Waals surface area (Å²) < 4.78 is 5.53. The summed E-state index contributed by atoms with van der Waals surface area (Å²) in [6, 6.07) is 11.0. The third kappa shape index (κ3) is 6.79. The quantitative estimate of drug-likeness (QED) is 0.294. The third-order valence-corrected chi connectivity index (χ3v) is 8.56. The van der Waals surface area contributed by atoms with Crippen molar-refractivity contribution >= 4 is 23.0 Å². The van der Waals surface area contributed by atoms with E-state index in [1.54, 1.807) is 18.5 Å². The molecule has 0 aliphatic carbocycles. The monoisotopic (exact) mass is 574 g/mol. The number of likely N-dealkylation sites (N-methyl/N-ethyl adjacent to an activating group) is 1. The molecule has 3 aromatic rings. The van der Waals surface area contributed by atoms with Gasteiger partial charge >= 0.3 is 0 Å². The maximum atomic E-state index is 10.5. The predicted octanol–water partition coefficient (Wildman–Crippen LogP) is 2.43. The first-order valence-corrected chi connectivity index (χ1v) is 15.1. The number of benzene rings is 1. The van der Waals surface area contributed by atoms with Gasteiger partial charge in [0.2, 0.25) is 0 Å². The van der Waals surface area contributed by atoms with Crippen molar-refractivity contribution in [2.45, 2.75) is 44.0 Å². The second-order valence-electron chi connectivity index (χ2n) is 11.4. The van der Waals surface area contributed by atoms with Crippen LogP contribution in [0.4, 0.5) is 23.0 Å². The maximum absolute atomic E-state index is 10.5. The van der Waals surface area contributed by atoms with Crippen LogP contribution in [0.1, 0.15) is 37.6 Å². The number of nitrogens with one attached hydrogen (secondary N) is 2. The minimum Gasteiger partial charge on any atom is -0.381 e. The molecule has 3 fully saturated rings. The molecule has 0 saturated carbocycles. The van der Waals surface area contributed by atoms with E-state index in [2.05, 4.69) is 54.5 Å². The Morgan fingerprint density at radius 1 is 0.905 bits per heavy atom. The van der Waals surface area contributed by atoms with Gasteiger partial charge in [-0.3, -0.25) is 4.90 Å². The van der Waals surface area contributed by atoms with Gasteiger partial charge in [-0.05, 0) is 63.1 Å². The van der Waals surface area contributed by atoms with Crippen LogP contribution in [-0.2, 0) is 4.74 Å². The van der Waals surface area contributed by atoms with E-state index in [0.29, 0.717) is 42.4 Å². The van der Waals surface area contributed by atoms with Gasteiger partial charge in [-0.15, -0.1) is 0 Å². The van der Waals surface area contributed by atoms with Crippen molar-refractivity contribution in [1.82, 2.24) is 29.7 Å². The van der Waals surface area contributed by atoms with Crippen LogP contribution in [0.5, 0.6) is 0 Å². The molecule has 3 saturated heterocycles. The zero-order chi connectivity index (χ0) is 28.9. The number of aromatic nitrogens is 4. The Labute approximate surface area is 247 Å². The Morgan fingerprint density at radius 3 is 2.26 bits per heavy atom. The lowest BCUT2D eigenvalue weighted by molar-refractivity contribution is 0.0904. The highest BCUT2D eigenvalue weighted by atomic mass is 16.5. The molecular weight excluding hydrogens is 532 g/mol. The summed E-state index contributed by atoms with van der Waals surface area (Å²) in [6.07, 6.45) is 6.08. The second-order valence-corrected chi connectivity index (χ2v) is 11.4. The molecule has 12 heteroatoms. The summed E-state index contributed by atoms with van der Waals surface area (Å²) in [4.78, 5) is 25.9. The summed E-state index contributed by atoms with van der Waals surface area (Å²) in [6.45, 7) is 8.17. The molecular formula is C30H42N10O2. The molecule has 42 heavy (non-hydrogen) atoms. The van der Waals surface area contributed by atoms with Crippen molar-refractivity contribution in [2.75, 3.05) is 75.1 Å². The molecule has 1 unspecified atom stereocenters. The third-order valence-electron chi connectivity index (χ3n) is 8.56. The van der Waals surface area contributed by atoms with Crippen LogP contribution in [-0.4, -0.2) is 106 Å². The number of hydrogen-bond donors (Lipinski definition) is 4. The molecule has 3 aliphatic rings. The van der Waals surface area contributed by atoms with Crippen molar-refractivity contribution < 1.29 is 9.84 Å². The van der Waals surface area contributed by atoms with Crippen LogP contribution < -0.4 is 21.3 Å². The van der Waals surface area contributed by atoms with E-state index in [4.69, 9.17) is 20.4 Å². The van der Waals surface area contributed by atoms with Gasteiger partial charge in [-0.25, -0.2) is 19.9 Å². The number of ether oxygens (including phenoxy) is 1. The Bertz CT molecular complexity index is 1290. The lowest BCUT2D eigenvalue weighted by atomic mass is 10.0. The second kappa shape index (κ2) is 13.3. The molecule has 0 bridgehead atoms. The number of rotatable bonds is 8. The first kappa shape index (κ1) is 28.7. The van der Waals surface area contributed by atoms with Gasteiger partial charge in [0.15, 0.2) is 23.2 Å². The minimum atomic E-state index is -1.33. The summed E-state index contributed by atoms with van der Waals surface area (Å²) in [5, 5.41) is 17.3. The predicted molar refractivity (Wildman–Crippen MR) is 164 cm³/mol. The number of piperazine rings is 1. The van der Waals surface area contributed by atoms with Crippen LogP contribution in [0.15, 0.2) is 42.7 Å². The van der Waals surface area contributed by atoms with Gasteiger partial charge in [0.1, 0.15) is 11.9 Å². The average molecular weight is 575 g/mol. The average Bonchev–Trinajstić information content (AvgIpc) is 3.03. The van der Waals surface area contributed by atoms with Gasteiger partial charge in [0.05, 0.1) is 0 Å². The van der Waals surface area contributed by atoms with Crippen LogP contribution in [0.3, 0.4) is 0 Å². The summed E-state index contributed by atoms with van der Waals surface area (Å²) in [5.41, 5.74) is 8.68. The molecule has 0 radical (unpaired) electrons. The van der Waals surface area contributed by atoms with Crippen LogP contribution in [0.25, 0.3) is 11.5 Å². The number of piperidine rings is 1. The summed E-state index contributed by atoms with van der Waals surface area (Å²) in [5.74, 6) is 1.34. The first-order chi connectivity index (χ1) is 20.5. The molecule has 1 atom stereocenters. The first-order valence-electron chi connectivity index (χ1n) is 15.1. The lowest BCUT2D eigenvalue weighted by Gasteiger charge is -2.42. The molecule has 0 amide bonds. The molecule has 1 aromatic carbocycles. The molecule has 2 aromatic heterocycles. The highest BCUT2D eigenvalue weighted by Crippen LogP contribution is 2.31. The molecule has 224 valence electrons. The van der Waals surface area contributed by atoms with Gasteiger partial charge in [-0.1, -0.05) is 0 Å². The normalized spacial score (nSPS) is 20.4. The summed E-state index contributed by atoms with van der Waals surface area (Å²) >= 11 is 0. The number of anilines is 4. The fraction of sp³-hybridized carbons (Fsp3) is 0.533. The molecule has 0 spiro atoms. The van der Waals surface area contributed by atoms with Gasteiger partial charge in [0, 0.05) is 88.3 Å². The largest absolute Gasteiger partial charge is 0.381 e. The molecule has 5 heterocycles. The Hall–Kier alpha value is -3.42. The van der Waals surface area contributed by atoms with Crippen molar-refractivity contribution in [2.24, 2.45) is 5.73 Å². The topological polar surface area (TPSA) is 141 Å². The lowest BCUT2D eigenvalue weighted by Crippen LogP contribution is -2.52. The van der Waals surface area contributed by atoms with E-state index < -0.39 is 6.23 Å². The molecule has 5 N–H and O–H groups in total. The smallest absolute Gasteiger partial charge is 0.181 e. The van der Waals surface area contributed by atoms with Crippen molar-refractivity contribution in [3.8, 4) is 11.5 Å². The van der Waals surface area contributed by atoms with E-state index in [1.807, 2.05) is 12.1 Å². The molecule has 12 nitrogen and oxygen atoms in total. The van der Waals surface area contributed by atoms with E-state index in [0.717, 1.165) is 44.7 Å². The van der Waals surface area contributed by atoms with Gasteiger partial charge < -0.3 is 36.0 Å². The zero-order valence-corrected chi connectivity index (χ0v) is 24.3. The van der Waals surface area contributed by atoms with Gasteiger partial charge in [-0.2, -0.15) is 0 Å². The standard InChI is InChI=1S/C30H42N10O2/c1-38-15-17-40(18-16-38)24-7-13-39(14-8-24)23-5-3-21(4-6-23)34-29-25(27(31)41)36-26(28-32-11-2-12-33-28)30(37-29)35-22-9-19-42-20-10-22/h2-6,11-12,22,24,27,41H,7-10,13-20,31H2,1H3,(H2,34,35,37). The van der Waals surface area contributed by atoms with Crippen molar-refractivity contribution in [1.29, 1.82) is 0 Å². The Morgan fingerprint density at radius 2 is 1.60 bits per heavy atom. The van der Waals surface area contributed by atoms with Gasteiger partial charge in [0.25, 0.3) is 0 Å². The Kier molecular flexibility index (Phi) is 9.06. The van der Waals surface area contributed by atoms with Crippen molar-refractivity contribution in [3.63, 3.8) is 0 Å². The number of nitrogens with two attached hydrogens (primary N) is 1. The van der Waals surface area contributed by atoms with Crippen LogP contribution in [0.2, 0.25) is 0 Å². The van der Waals surface area contributed by atoms with Crippen LogP contribution >= 0.6 is 0 Å². The van der Waals surface area contributed by atoms with Crippen LogP contribution in [0, 0.1) is 0 Å². The van der Waals surface area contributed by atoms with E-state index in [9.17, 15) is 5.11 Å². The number of hydrogen-bond acceptors (Lipinski definition) is 12. The van der Waals surface area contributed by atoms with E-state index >= 15 is 0 Å². The number of aliphatic hydroxyl groups excluding tert-OH is 1. The summed E-state index contributed by atoms with van der Waals surface area (Å²) in [7, 11) is 2.21. The highest BCUT2D eigenvalue weighted by Gasteiger charge is 2.27. The van der Waals surface area contributed by atoms with Crippen molar-refractivity contribution in [3.05, 3.63) is 48.4 Å². The zero-order valence-electron chi connectivity index (χ0n) is 24.3. The SMILES string of the molecule is CN1CCN(C2CCN(c3ccc(Nc4nc(NC5CCOCC5)c(-c5ncccn5)nc4C(N)O)cc3)CC2)CC1. The Balaban J connectivity index is 1.18. The fourth-order valence-electron chi connectivity index (χ4n) is 6.03.